The van der Waals surface area contributed by atoms with Crippen molar-refractivity contribution in [2.75, 3.05) is 6.54 Å². The largest absolute Gasteiger partial charge is 0.435 e. The molecule has 1 aliphatic heterocycles. The Labute approximate surface area is 188 Å². The summed E-state index contributed by atoms with van der Waals surface area (Å²) in [5, 5.41) is 18.9. The van der Waals surface area contributed by atoms with Crippen LogP contribution in [0.3, 0.4) is 0 Å². The van der Waals surface area contributed by atoms with Gasteiger partial charge in [-0.25, -0.2) is 10.0 Å². The van der Waals surface area contributed by atoms with E-state index in [2.05, 4.69) is 27.1 Å². The fourth-order valence-electron chi connectivity index (χ4n) is 3.26. The van der Waals surface area contributed by atoms with Gasteiger partial charge in [-0.2, -0.15) is 19.1 Å². The van der Waals surface area contributed by atoms with Crippen LogP contribution in [-0.4, -0.2) is 29.8 Å². The minimum absolute atomic E-state index is 0.0298. The summed E-state index contributed by atoms with van der Waals surface area (Å²) < 4.78 is 29.4. The monoisotopic (exact) mass is 465 g/mol. The number of rotatable bonds is 6. The van der Waals surface area contributed by atoms with Gasteiger partial charge in [0.1, 0.15) is 5.75 Å². The molecule has 2 aromatic rings. The van der Waals surface area contributed by atoms with E-state index in [1.807, 2.05) is 12.3 Å². The molecule has 1 unspecified atom stereocenters. The molecule has 1 heterocycles. The summed E-state index contributed by atoms with van der Waals surface area (Å²) in [7, 11) is 0. The molecule has 1 N–H and O–H groups in total. The number of guanidine groups is 1. The number of halogens is 4. The van der Waals surface area contributed by atoms with Gasteiger partial charge in [-0.1, -0.05) is 48.7 Å². The van der Waals surface area contributed by atoms with E-state index in [1.165, 1.54) is 18.2 Å². The molecule has 2 aromatic carbocycles. The van der Waals surface area contributed by atoms with Crippen LogP contribution < -0.4 is 10.1 Å². The van der Waals surface area contributed by atoms with Gasteiger partial charge >= 0.3 is 6.61 Å². The lowest BCUT2D eigenvalue weighted by Crippen LogP contribution is -2.35. The summed E-state index contributed by atoms with van der Waals surface area (Å²) in [5.41, 5.74) is 1.97. The zero-order chi connectivity index (χ0) is 22.4. The summed E-state index contributed by atoms with van der Waals surface area (Å²) >= 11 is 12.2. The molecular weight excluding hydrogens is 447 g/mol. The van der Waals surface area contributed by atoms with Crippen molar-refractivity contribution >= 4 is 40.6 Å². The van der Waals surface area contributed by atoms with Gasteiger partial charge in [0.25, 0.3) is 0 Å². The highest BCUT2D eigenvalue weighted by Crippen LogP contribution is 2.29. The van der Waals surface area contributed by atoms with Crippen LogP contribution in [0.15, 0.2) is 52.6 Å². The lowest BCUT2D eigenvalue weighted by Gasteiger charge is -2.16. The van der Waals surface area contributed by atoms with Crippen molar-refractivity contribution in [3.8, 4) is 11.9 Å². The maximum Gasteiger partial charge on any atom is 0.387 e. The predicted octanol–water partition coefficient (Wildman–Crippen LogP) is 5.79. The van der Waals surface area contributed by atoms with Crippen molar-refractivity contribution in [2.24, 2.45) is 16.0 Å². The predicted molar refractivity (Wildman–Crippen MR) is 117 cm³/mol. The maximum absolute atomic E-state index is 12.5. The van der Waals surface area contributed by atoms with E-state index in [0.717, 1.165) is 24.1 Å². The number of nitriles is 1. The van der Waals surface area contributed by atoms with Crippen molar-refractivity contribution in [3.05, 3.63) is 58.1 Å². The van der Waals surface area contributed by atoms with Crippen molar-refractivity contribution < 1.29 is 13.5 Å². The molecule has 0 fully saturated rings. The number of ether oxygens (including phenoxy) is 1. The van der Waals surface area contributed by atoms with Crippen molar-refractivity contribution in [1.82, 2.24) is 10.3 Å². The lowest BCUT2D eigenvalue weighted by atomic mass is 9.93. The van der Waals surface area contributed by atoms with Crippen LogP contribution in [0.2, 0.25) is 10.0 Å². The SMILES string of the molecule is CCCC1CN(C(=Nc2cccc(OC(F)F)c2)NC#N)N=C1c1ccc(Cl)c(Cl)c1. The number of aliphatic imine (C=N–C) groups is 1. The Hall–Kier alpha value is -2.89. The lowest BCUT2D eigenvalue weighted by molar-refractivity contribution is -0.0498. The van der Waals surface area contributed by atoms with Gasteiger partial charge in [0.15, 0.2) is 6.19 Å². The summed E-state index contributed by atoms with van der Waals surface area (Å²) in [6.45, 7) is -0.376. The fraction of sp³-hybridized carbons (Fsp3) is 0.286. The maximum atomic E-state index is 12.5. The molecule has 6 nitrogen and oxygen atoms in total. The number of benzene rings is 2. The van der Waals surface area contributed by atoms with Gasteiger partial charge in [-0.05, 0) is 36.2 Å². The molecule has 31 heavy (non-hydrogen) atoms. The molecular formula is C21H19Cl2F2N5O. The van der Waals surface area contributed by atoms with E-state index in [9.17, 15) is 14.0 Å². The first kappa shape index (κ1) is 22.8. The third-order valence-corrected chi connectivity index (χ3v) is 5.29. The topological polar surface area (TPSA) is 73.0 Å². The first-order valence-corrected chi connectivity index (χ1v) is 10.3. The Morgan fingerprint density at radius 3 is 2.81 bits per heavy atom. The Bertz CT molecular complexity index is 1040. The molecule has 0 saturated carbocycles. The van der Waals surface area contributed by atoms with Gasteiger partial charge in [-0.15, -0.1) is 0 Å². The normalized spacial score (nSPS) is 16.3. The van der Waals surface area contributed by atoms with Gasteiger partial charge in [0, 0.05) is 12.0 Å². The second-order valence-corrected chi connectivity index (χ2v) is 7.54. The standard InChI is InChI=1S/C21H19Cl2F2N5O/c1-2-4-14-11-30(29-19(14)13-7-8-17(22)18(23)9-13)21(27-12-26)28-15-5-3-6-16(10-15)31-20(24)25/h3,5-10,14,20H,2,4,11H2,1H3,(H,27,28). The number of nitrogens with one attached hydrogen (secondary N) is 1. The van der Waals surface area contributed by atoms with E-state index >= 15 is 0 Å². The first-order valence-electron chi connectivity index (χ1n) is 9.51. The number of hydrazone groups is 1. The average Bonchev–Trinajstić information content (AvgIpc) is 3.14. The number of nitrogens with zero attached hydrogens (tertiary/aromatic N) is 4. The number of alkyl halides is 2. The Morgan fingerprint density at radius 1 is 1.32 bits per heavy atom. The number of hydrogen-bond donors (Lipinski definition) is 1. The molecule has 1 aliphatic rings. The molecule has 10 heteroatoms. The van der Waals surface area contributed by atoms with E-state index in [0.29, 0.717) is 22.3 Å². The minimum Gasteiger partial charge on any atom is -0.435 e. The van der Waals surface area contributed by atoms with Crippen LogP contribution >= 0.6 is 23.2 Å². The molecule has 0 amide bonds. The third-order valence-electron chi connectivity index (χ3n) is 4.55. The number of hydrogen-bond acceptors (Lipinski definition) is 4. The van der Waals surface area contributed by atoms with Gasteiger partial charge in [0.2, 0.25) is 5.96 Å². The summed E-state index contributed by atoms with van der Waals surface area (Å²) in [6, 6.07) is 11.2. The molecule has 3 rings (SSSR count). The van der Waals surface area contributed by atoms with E-state index in [1.54, 1.807) is 23.2 Å². The van der Waals surface area contributed by atoms with Crippen LogP contribution in [0.25, 0.3) is 0 Å². The second kappa shape index (κ2) is 10.4. The fourth-order valence-corrected chi connectivity index (χ4v) is 3.56. The van der Waals surface area contributed by atoms with Crippen LogP contribution in [0, 0.1) is 17.4 Å². The van der Waals surface area contributed by atoms with Crippen molar-refractivity contribution in [2.45, 2.75) is 26.4 Å². The highest BCUT2D eigenvalue weighted by atomic mass is 35.5. The average molecular weight is 466 g/mol. The van der Waals surface area contributed by atoms with Crippen LogP contribution in [-0.2, 0) is 0 Å². The molecule has 0 bridgehead atoms. The van der Waals surface area contributed by atoms with Crippen LogP contribution in [0.4, 0.5) is 14.5 Å². The Kier molecular flexibility index (Phi) is 7.66. The van der Waals surface area contributed by atoms with Gasteiger partial charge in [0.05, 0.1) is 28.0 Å². The quantitative estimate of drug-likeness (QED) is 0.253. The molecule has 1 atom stereocenters. The molecule has 0 aliphatic carbocycles. The van der Waals surface area contributed by atoms with Crippen LogP contribution in [0.5, 0.6) is 5.75 Å². The summed E-state index contributed by atoms with van der Waals surface area (Å²) in [6.07, 6.45) is 3.65. The molecule has 0 aromatic heterocycles. The van der Waals surface area contributed by atoms with Crippen molar-refractivity contribution in [3.63, 3.8) is 0 Å². The van der Waals surface area contributed by atoms with E-state index in [4.69, 9.17) is 23.2 Å². The summed E-state index contributed by atoms with van der Waals surface area (Å²) in [4.78, 5) is 4.38. The minimum atomic E-state index is -2.94. The third kappa shape index (κ3) is 5.84. The summed E-state index contributed by atoms with van der Waals surface area (Å²) in [5.74, 6) is 0.229. The first-order chi connectivity index (χ1) is 14.9. The molecule has 162 valence electrons. The molecule has 0 saturated heterocycles. The zero-order valence-electron chi connectivity index (χ0n) is 16.5. The van der Waals surface area contributed by atoms with Crippen LogP contribution in [0.1, 0.15) is 25.3 Å². The smallest absolute Gasteiger partial charge is 0.387 e. The van der Waals surface area contributed by atoms with Gasteiger partial charge < -0.3 is 4.74 Å². The molecule has 0 spiro atoms. The highest BCUT2D eigenvalue weighted by Gasteiger charge is 2.30. The van der Waals surface area contributed by atoms with E-state index in [-0.39, 0.29) is 17.6 Å². The Morgan fingerprint density at radius 2 is 2.13 bits per heavy atom. The molecule has 0 radical (unpaired) electrons. The van der Waals surface area contributed by atoms with Gasteiger partial charge in [-0.3, -0.25) is 5.32 Å². The van der Waals surface area contributed by atoms with Crippen molar-refractivity contribution in [1.29, 1.82) is 5.26 Å². The Balaban J connectivity index is 1.95. The highest BCUT2D eigenvalue weighted by molar-refractivity contribution is 6.42. The second-order valence-electron chi connectivity index (χ2n) is 6.73. The van der Waals surface area contributed by atoms with E-state index < -0.39 is 6.61 Å². The zero-order valence-corrected chi connectivity index (χ0v) is 18.0.